The van der Waals surface area contributed by atoms with Crippen molar-refractivity contribution in [3.63, 3.8) is 0 Å². The van der Waals surface area contributed by atoms with Crippen LogP contribution in [0.15, 0.2) is 0 Å². The van der Waals surface area contributed by atoms with E-state index in [-0.39, 0.29) is 25.0 Å². The van der Waals surface area contributed by atoms with Crippen LogP contribution in [-0.2, 0) is 22.8 Å². The molecule has 8 heteroatoms. The first-order chi connectivity index (χ1) is 9.97. The highest BCUT2D eigenvalue weighted by atomic mass is 31.2. The smallest absolute Gasteiger partial charge is 0.332 e. The van der Waals surface area contributed by atoms with Crippen molar-refractivity contribution in [2.75, 3.05) is 32.8 Å². The summed E-state index contributed by atoms with van der Waals surface area (Å²) in [5, 5.41) is 9.98. The zero-order chi connectivity index (χ0) is 17.4. The van der Waals surface area contributed by atoms with E-state index in [2.05, 4.69) is 33.9 Å². The SMILES string of the molecule is CCOP(=O)(CC)OCOCC(O)CO[Si](C)(C)C(C)(C)C. The van der Waals surface area contributed by atoms with Crippen LogP contribution < -0.4 is 0 Å². The normalized spacial score (nSPS) is 17.3. The largest absolute Gasteiger partial charge is 0.414 e. The van der Waals surface area contributed by atoms with Crippen molar-refractivity contribution in [1.29, 1.82) is 0 Å². The van der Waals surface area contributed by atoms with Gasteiger partial charge in [0.15, 0.2) is 15.1 Å². The third-order valence-corrected chi connectivity index (χ3v) is 10.2. The van der Waals surface area contributed by atoms with Gasteiger partial charge in [0.2, 0.25) is 0 Å². The molecule has 0 saturated carbocycles. The summed E-state index contributed by atoms with van der Waals surface area (Å²) in [6, 6.07) is 0. The van der Waals surface area contributed by atoms with Crippen molar-refractivity contribution < 1.29 is 27.9 Å². The van der Waals surface area contributed by atoms with Gasteiger partial charge < -0.3 is 18.8 Å². The number of aliphatic hydroxyl groups excluding tert-OH is 1. The Bertz CT molecular complexity index is 356. The van der Waals surface area contributed by atoms with E-state index in [0.717, 1.165) is 0 Å². The Morgan fingerprint density at radius 3 is 2.18 bits per heavy atom. The van der Waals surface area contributed by atoms with Gasteiger partial charge in [-0.25, -0.2) is 0 Å². The Morgan fingerprint density at radius 2 is 1.73 bits per heavy atom. The first-order valence-corrected chi connectivity index (χ1v) is 12.4. The first-order valence-electron chi connectivity index (χ1n) is 7.75. The molecule has 0 saturated heterocycles. The highest BCUT2D eigenvalue weighted by molar-refractivity contribution is 7.53. The van der Waals surface area contributed by atoms with Crippen LogP contribution in [0.25, 0.3) is 0 Å². The molecule has 0 spiro atoms. The molecule has 0 fully saturated rings. The summed E-state index contributed by atoms with van der Waals surface area (Å²) in [7, 11) is -4.93. The molecule has 0 heterocycles. The monoisotopic (exact) mass is 356 g/mol. The molecule has 0 radical (unpaired) electrons. The number of rotatable bonds is 11. The van der Waals surface area contributed by atoms with Crippen molar-refractivity contribution in [3.05, 3.63) is 0 Å². The minimum Gasteiger partial charge on any atom is -0.414 e. The summed E-state index contributed by atoms with van der Waals surface area (Å²) in [6.07, 6.45) is -0.438. The van der Waals surface area contributed by atoms with Gasteiger partial charge in [-0.2, -0.15) is 0 Å². The van der Waals surface area contributed by atoms with Gasteiger partial charge >= 0.3 is 7.60 Å². The standard InChI is InChI=1S/C14H33O6PSi/c1-8-18-21(16,9-2)19-12-17-10-13(15)11-20-22(6,7)14(3,4)5/h13,15H,8-12H2,1-7H3. The molecule has 0 aliphatic heterocycles. The highest BCUT2D eigenvalue weighted by Gasteiger charge is 2.37. The molecule has 0 aromatic heterocycles. The zero-order valence-electron chi connectivity index (χ0n) is 15.0. The number of hydrogen-bond donors (Lipinski definition) is 1. The van der Waals surface area contributed by atoms with Gasteiger partial charge in [-0.15, -0.1) is 0 Å². The third-order valence-electron chi connectivity index (χ3n) is 3.80. The average molecular weight is 356 g/mol. The summed E-state index contributed by atoms with van der Waals surface area (Å²) in [6.45, 7) is 14.7. The number of aliphatic hydroxyl groups is 1. The fourth-order valence-corrected chi connectivity index (χ4v) is 3.40. The van der Waals surface area contributed by atoms with Crippen LogP contribution in [0, 0.1) is 0 Å². The second kappa shape index (κ2) is 9.52. The van der Waals surface area contributed by atoms with Crippen molar-refractivity contribution in [3.8, 4) is 0 Å². The lowest BCUT2D eigenvalue weighted by atomic mass is 10.2. The molecule has 0 rings (SSSR count). The summed E-state index contributed by atoms with van der Waals surface area (Å²) in [5.41, 5.74) is 0. The van der Waals surface area contributed by atoms with E-state index >= 15 is 0 Å². The van der Waals surface area contributed by atoms with Crippen LogP contribution in [0.3, 0.4) is 0 Å². The first kappa shape index (κ1) is 22.2. The van der Waals surface area contributed by atoms with E-state index in [1.807, 2.05) is 0 Å². The summed E-state index contributed by atoms with van der Waals surface area (Å²) >= 11 is 0. The fourth-order valence-electron chi connectivity index (χ4n) is 1.29. The Kier molecular flexibility index (Phi) is 9.63. The predicted molar refractivity (Wildman–Crippen MR) is 90.8 cm³/mol. The summed E-state index contributed by atoms with van der Waals surface area (Å²) in [4.78, 5) is 0. The van der Waals surface area contributed by atoms with E-state index in [1.165, 1.54) is 0 Å². The van der Waals surface area contributed by atoms with Crippen LogP contribution >= 0.6 is 7.60 Å². The third kappa shape index (κ3) is 8.20. The molecule has 0 bridgehead atoms. The molecule has 22 heavy (non-hydrogen) atoms. The van der Waals surface area contributed by atoms with Gasteiger partial charge in [0.25, 0.3) is 0 Å². The Labute approximate surface area is 136 Å². The van der Waals surface area contributed by atoms with Crippen molar-refractivity contribution in [2.24, 2.45) is 0 Å². The molecule has 1 N–H and O–H groups in total. The van der Waals surface area contributed by atoms with Gasteiger partial charge in [0.05, 0.1) is 25.9 Å². The van der Waals surface area contributed by atoms with E-state index in [9.17, 15) is 9.67 Å². The van der Waals surface area contributed by atoms with Crippen LogP contribution in [0.1, 0.15) is 34.6 Å². The molecule has 2 atom stereocenters. The molecule has 0 aromatic rings. The van der Waals surface area contributed by atoms with E-state index in [1.54, 1.807) is 13.8 Å². The fraction of sp³-hybridized carbons (Fsp3) is 1.00. The summed E-state index contributed by atoms with van der Waals surface area (Å²) in [5.74, 6) is 0. The minimum absolute atomic E-state index is 0.0739. The molecule has 6 nitrogen and oxygen atoms in total. The average Bonchev–Trinajstić information content (AvgIpc) is 2.40. The van der Waals surface area contributed by atoms with Crippen LogP contribution in [-0.4, -0.2) is 52.3 Å². The quantitative estimate of drug-likeness (QED) is 0.264. The van der Waals surface area contributed by atoms with E-state index in [4.69, 9.17) is 18.2 Å². The lowest BCUT2D eigenvalue weighted by Gasteiger charge is -2.36. The Balaban J connectivity index is 4.01. The molecular weight excluding hydrogens is 323 g/mol. The van der Waals surface area contributed by atoms with Crippen LogP contribution in [0.4, 0.5) is 0 Å². The lowest BCUT2D eigenvalue weighted by molar-refractivity contribution is -0.0463. The van der Waals surface area contributed by atoms with Crippen LogP contribution in [0.2, 0.25) is 18.1 Å². The molecule has 0 aromatic carbocycles. The highest BCUT2D eigenvalue weighted by Crippen LogP contribution is 2.47. The van der Waals surface area contributed by atoms with Crippen LogP contribution in [0.5, 0.6) is 0 Å². The maximum Gasteiger partial charge on any atom is 0.332 e. The maximum atomic E-state index is 12.0. The lowest BCUT2D eigenvalue weighted by Crippen LogP contribution is -2.43. The van der Waals surface area contributed by atoms with Gasteiger partial charge in [-0.1, -0.05) is 27.7 Å². The molecule has 0 aliphatic rings. The number of hydrogen-bond acceptors (Lipinski definition) is 6. The zero-order valence-corrected chi connectivity index (χ0v) is 16.9. The molecule has 2 unspecified atom stereocenters. The van der Waals surface area contributed by atoms with Gasteiger partial charge in [0.1, 0.15) is 0 Å². The molecule has 0 amide bonds. The van der Waals surface area contributed by atoms with E-state index in [0.29, 0.717) is 12.8 Å². The number of ether oxygens (including phenoxy) is 1. The minimum atomic E-state index is -3.06. The maximum absolute atomic E-state index is 12.0. The summed E-state index contributed by atoms with van der Waals surface area (Å²) < 4.78 is 33.3. The Hall–Kier alpha value is 0.247. The van der Waals surface area contributed by atoms with Gasteiger partial charge in [-0.3, -0.25) is 9.09 Å². The topological polar surface area (TPSA) is 74.2 Å². The predicted octanol–water partition coefficient (Wildman–Crippen LogP) is 3.61. The van der Waals surface area contributed by atoms with Crippen molar-refractivity contribution >= 4 is 15.9 Å². The molecule has 0 aliphatic carbocycles. The van der Waals surface area contributed by atoms with Gasteiger partial charge in [0, 0.05) is 6.16 Å². The van der Waals surface area contributed by atoms with Crippen molar-refractivity contribution in [2.45, 2.75) is 58.9 Å². The molecular formula is C14H33O6PSi. The Morgan fingerprint density at radius 1 is 1.14 bits per heavy atom. The van der Waals surface area contributed by atoms with Gasteiger partial charge in [-0.05, 0) is 25.1 Å². The second-order valence-electron chi connectivity index (χ2n) is 6.69. The second-order valence-corrected chi connectivity index (χ2v) is 13.9. The van der Waals surface area contributed by atoms with E-state index < -0.39 is 22.0 Å². The molecule has 134 valence electrons. The van der Waals surface area contributed by atoms with Crippen molar-refractivity contribution in [1.82, 2.24) is 0 Å².